The van der Waals surface area contributed by atoms with Gasteiger partial charge in [0.2, 0.25) is 0 Å². The summed E-state index contributed by atoms with van der Waals surface area (Å²) >= 11 is 0. The minimum atomic E-state index is 0.389. The normalized spacial score (nSPS) is 21.7. The van der Waals surface area contributed by atoms with Gasteiger partial charge in [0.1, 0.15) is 0 Å². The second-order valence-electron chi connectivity index (χ2n) is 9.81. The van der Waals surface area contributed by atoms with Gasteiger partial charge < -0.3 is 19.4 Å². The van der Waals surface area contributed by atoms with Gasteiger partial charge in [-0.1, -0.05) is 26.0 Å². The average molecular weight is 417 g/mol. The Balaban J connectivity index is 1.36. The van der Waals surface area contributed by atoms with E-state index in [0.29, 0.717) is 6.10 Å². The van der Waals surface area contributed by atoms with E-state index in [0.717, 1.165) is 71.3 Å². The van der Waals surface area contributed by atoms with Gasteiger partial charge in [0.05, 0.1) is 12.7 Å². The van der Waals surface area contributed by atoms with E-state index >= 15 is 0 Å². The van der Waals surface area contributed by atoms with Gasteiger partial charge in [-0.05, 0) is 63.5 Å². The van der Waals surface area contributed by atoms with Gasteiger partial charge in [-0.15, -0.1) is 0 Å². The molecule has 2 heterocycles. The van der Waals surface area contributed by atoms with E-state index in [1.165, 1.54) is 30.6 Å². The molecule has 0 saturated carbocycles. The summed E-state index contributed by atoms with van der Waals surface area (Å²) in [6.45, 7) is 15.6. The van der Waals surface area contributed by atoms with Crippen LogP contribution in [0.5, 0.6) is 0 Å². The minimum Gasteiger partial charge on any atom is -0.376 e. The number of piperazine rings is 1. The van der Waals surface area contributed by atoms with Crippen LogP contribution in [0.15, 0.2) is 24.3 Å². The van der Waals surface area contributed by atoms with Crippen LogP contribution >= 0.6 is 0 Å². The molecule has 1 aromatic carbocycles. The number of rotatable bonds is 10. The Bertz CT molecular complexity index is 598. The Morgan fingerprint density at radius 2 is 1.80 bits per heavy atom. The lowest BCUT2D eigenvalue weighted by Crippen LogP contribution is -2.44. The maximum absolute atomic E-state index is 6.05. The summed E-state index contributed by atoms with van der Waals surface area (Å²) in [5, 5.41) is 0. The van der Waals surface area contributed by atoms with Crippen molar-refractivity contribution in [3.63, 3.8) is 0 Å². The van der Waals surface area contributed by atoms with Crippen molar-refractivity contribution in [3.8, 4) is 0 Å². The highest BCUT2D eigenvalue weighted by Crippen LogP contribution is 2.18. The molecule has 5 heteroatoms. The van der Waals surface area contributed by atoms with E-state index in [9.17, 15) is 0 Å². The lowest BCUT2D eigenvalue weighted by Gasteiger charge is -2.34. The van der Waals surface area contributed by atoms with E-state index in [2.05, 4.69) is 71.8 Å². The third-order valence-electron chi connectivity index (χ3n) is 6.57. The van der Waals surface area contributed by atoms with Crippen molar-refractivity contribution in [2.45, 2.75) is 45.8 Å². The molecule has 0 spiro atoms. The van der Waals surface area contributed by atoms with Crippen molar-refractivity contribution in [2.24, 2.45) is 5.92 Å². The Morgan fingerprint density at radius 1 is 1.07 bits per heavy atom. The van der Waals surface area contributed by atoms with Crippen LogP contribution in [0.25, 0.3) is 0 Å². The first-order valence-corrected chi connectivity index (χ1v) is 12.0. The molecule has 0 aliphatic carbocycles. The first-order chi connectivity index (χ1) is 14.5. The molecular weight excluding hydrogens is 372 g/mol. The number of nitrogens with zero attached hydrogens (tertiary/aromatic N) is 4. The van der Waals surface area contributed by atoms with Crippen LogP contribution in [0.4, 0.5) is 5.69 Å². The summed E-state index contributed by atoms with van der Waals surface area (Å²) in [6, 6.07) is 9.21. The quantitative estimate of drug-likeness (QED) is 0.581. The van der Waals surface area contributed by atoms with Gasteiger partial charge in [0.15, 0.2) is 0 Å². The SMILES string of the molecule is CC(C)CCCN1CCO[C@H](CCN(C)Cc2ccc(N3CCN(C)CC3)cc2)C1. The lowest BCUT2D eigenvalue weighted by molar-refractivity contribution is -0.0355. The Kier molecular flexibility index (Phi) is 9.44. The van der Waals surface area contributed by atoms with Gasteiger partial charge in [0, 0.05) is 58.0 Å². The molecule has 2 aliphatic rings. The summed E-state index contributed by atoms with van der Waals surface area (Å²) in [5.74, 6) is 0.811. The standard InChI is InChI=1S/C25H44N4O/c1-22(2)6-5-12-28-18-19-30-25(21-28)11-13-27(4)20-23-7-9-24(10-8-23)29-16-14-26(3)15-17-29/h7-10,22,25H,5-6,11-21H2,1-4H3/t25-/m1/s1. The van der Waals surface area contributed by atoms with E-state index in [-0.39, 0.29) is 0 Å². The van der Waals surface area contributed by atoms with Crippen LogP contribution in [0, 0.1) is 5.92 Å². The summed E-state index contributed by atoms with van der Waals surface area (Å²) in [5.41, 5.74) is 2.76. The summed E-state index contributed by atoms with van der Waals surface area (Å²) in [6.07, 6.45) is 4.16. The first-order valence-electron chi connectivity index (χ1n) is 12.0. The molecule has 2 aliphatic heterocycles. The molecule has 1 aromatic rings. The highest BCUT2D eigenvalue weighted by Gasteiger charge is 2.20. The highest BCUT2D eigenvalue weighted by molar-refractivity contribution is 5.48. The number of morpholine rings is 1. The molecule has 2 fully saturated rings. The smallest absolute Gasteiger partial charge is 0.0714 e. The van der Waals surface area contributed by atoms with Crippen molar-refractivity contribution >= 4 is 5.69 Å². The highest BCUT2D eigenvalue weighted by atomic mass is 16.5. The Hall–Kier alpha value is -1.14. The van der Waals surface area contributed by atoms with Crippen molar-refractivity contribution in [2.75, 3.05) is 78.0 Å². The molecule has 3 rings (SSSR count). The molecule has 0 N–H and O–H groups in total. The van der Waals surface area contributed by atoms with Gasteiger partial charge in [0.25, 0.3) is 0 Å². The average Bonchev–Trinajstić information content (AvgIpc) is 2.74. The predicted molar refractivity (Wildman–Crippen MR) is 127 cm³/mol. The fourth-order valence-corrected chi connectivity index (χ4v) is 4.51. The Labute approximate surface area is 185 Å². The van der Waals surface area contributed by atoms with E-state index in [1.54, 1.807) is 0 Å². The summed E-state index contributed by atoms with van der Waals surface area (Å²) in [4.78, 5) is 9.95. The fourth-order valence-electron chi connectivity index (χ4n) is 4.51. The molecule has 0 unspecified atom stereocenters. The number of benzene rings is 1. The zero-order chi connectivity index (χ0) is 21.3. The largest absolute Gasteiger partial charge is 0.376 e. The molecule has 5 nitrogen and oxygen atoms in total. The van der Waals surface area contributed by atoms with Crippen molar-refractivity contribution in [1.29, 1.82) is 0 Å². The van der Waals surface area contributed by atoms with Gasteiger partial charge >= 0.3 is 0 Å². The number of hydrogen-bond donors (Lipinski definition) is 0. The molecule has 170 valence electrons. The van der Waals surface area contributed by atoms with Gasteiger partial charge in [-0.2, -0.15) is 0 Å². The van der Waals surface area contributed by atoms with Crippen LogP contribution in [-0.4, -0.2) is 93.9 Å². The summed E-state index contributed by atoms with van der Waals surface area (Å²) < 4.78 is 6.05. The van der Waals surface area contributed by atoms with Crippen LogP contribution in [0.1, 0.15) is 38.7 Å². The zero-order valence-electron chi connectivity index (χ0n) is 19.9. The third kappa shape index (κ3) is 7.84. The Morgan fingerprint density at radius 3 is 2.50 bits per heavy atom. The molecule has 0 amide bonds. The monoisotopic (exact) mass is 416 g/mol. The van der Waals surface area contributed by atoms with E-state index in [1.807, 2.05) is 0 Å². The van der Waals surface area contributed by atoms with Crippen molar-refractivity contribution < 1.29 is 4.74 Å². The third-order valence-corrected chi connectivity index (χ3v) is 6.57. The fraction of sp³-hybridized carbons (Fsp3) is 0.760. The van der Waals surface area contributed by atoms with Crippen LogP contribution in [0.3, 0.4) is 0 Å². The number of likely N-dealkylation sites (N-methyl/N-ethyl adjacent to an activating group) is 1. The van der Waals surface area contributed by atoms with Crippen LogP contribution in [-0.2, 0) is 11.3 Å². The molecule has 0 radical (unpaired) electrons. The van der Waals surface area contributed by atoms with Gasteiger partial charge in [-0.25, -0.2) is 0 Å². The maximum Gasteiger partial charge on any atom is 0.0714 e. The summed E-state index contributed by atoms with van der Waals surface area (Å²) in [7, 11) is 4.44. The number of hydrogen-bond acceptors (Lipinski definition) is 5. The van der Waals surface area contributed by atoms with E-state index in [4.69, 9.17) is 4.74 Å². The van der Waals surface area contributed by atoms with Crippen molar-refractivity contribution in [3.05, 3.63) is 29.8 Å². The molecule has 0 bridgehead atoms. The molecular formula is C25H44N4O. The lowest BCUT2D eigenvalue weighted by atomic mass is 10.1. The maximum atomic E-state index is 6.05. The molecule has 0 aromatic heterocycles. The molecule has 1 atom stereocenters. The topological polar surface area (TPSA) is 22.2 Å². The molecule has 2 saturated heterocycles. The number of ether oxygens (including phenoxy) is 1. The predicted octanol–water partition coefficient (Wildman–Crippen LogP) is 3.40. The minimum absolute atomic E-state index is 0.389. The van der Waals surface area contributed by atoms with Crippen molar-refractivity contribution in [1.82, 2.24) is 14.7 Å². The van der Waals surface area contributed by atoms with E-state index < -0.39 is 0 Å². The first kappa shape index (κ1) is 23.5. The second kappa shape index (κ2) is 12.0. The van der Waals surface area contributed by atoms with Gasteiger partial charge in [-0.3, -0.25) is 4.90 Å². The van der Waals surface area contributed by atoms with Crippen LogP contribution < -0.4 is 4.90 Å². The number of anilines is 1. The second-order valence-corrected chi connectivity index (χ2v) is 9.81. The molecule has 30 heavy (non-hydrogen) atoms. The van der Waals surface area contributed by atoms with Crippen LogP contribution in [0.2, 0.25) is 0 Å². The zero-order valence-corrected chi connectivity index (χ0v) is 19.9.